The van der Waals surface area contributed by atoms with Gasteiger partial charge in [-0.2, -0.15) is 5.10 Å². The molecule has 0 unspecified atom stereocenters. The van der Waals surface area contributed by atoms with E-state index < -0.39 is 11.7 Å². The lowest BCUT2D eigenvalue weighted by molar-refractivity contribution is 0.0951. The molecule has 4 N–H and O–H groups in total. The summed E-state index contributed by atoms with van der Waals surface area (Å²) < 4.78 is 13.3. The van der Waals surface area contributed by atoms with E-state index in [1.54, 1.807) is 0 Å². The molecule has 2 rings (SSSR count). The van der Waals surface area contributed by atoms with Gasteiger partial charge in [-0.3, -0.25) is 9.89 Å². The standard InChI is InChI=1S/C11H9BrClFN4O/c12-9-8(10(15)18-17-9)11(19)16-4-5-1-2-7(14)6(13)3-5/h1-3H,4H2,(H,16,19)(H3,15,17,18). The van der Waals surface area contributed by atoms with Gasteiger partial charge in [0.15, 0.2) is 0 Å². The van der Waals surface area contributed by atoms with Crippen molar-refractivity contribution in [3.05, 3.63) is 44.8 Å². The molecule has 5 nitrogen and oxygen atoms in total. The second-order valence-corrected chi connectivity index (χ2v) is 4.89. The summed E-state index contributed by atoms with van der Waals surface area (Å²) in [5.74, 6) is -0.723. The molecule has 1 aromatic heterocycles. The van der Waals surface area contributed by atoms with Crippen LogP contribution in [-0.4, -0.2) is 16.1 Å². The number of hydrogen-bond donors (Lipinski definition) is 3. The van der Waals surface area contributed by atoms with Crippen molar-refractivity contribution in [2.75, 3.05) is 5.73 Å². The minimum Gasteiger partial charge on any atom is -0.383 e. The van der Waals surface area contributed by atoms with Crippen LogP contribution >= 0.6 is 27.5 Å². The van der Waals surface area contributed by atoms with Crippen LogP contribution in [0.2, 0.25) is 5.02 Å². The molecule has 1 amide bonds. The molecular weight excluding hydrogens is 339 g/mol. The molecule has 0 aliphatic carbocycles. The maximum Gasteiger partial charge on any atom is 0.258 e. The summed E-state index contributed by atoms with van der Waals surface area (Å²) >= 11 is 8.76. The average Bonchev–Trinajstić information content (AvgIpc) is 2.70. The van der Waals surface area contributed by atoms with Gasteiger partial charge in [0.1, 0.15) is 21.8 Å². The Labute approximate surface area is 121 Å². The Bertz CT molecular complexity index is 612. The summed E-state index contributed by atoms with van der Waals surface area (Å²) in [4.78, 5) is 11.9. The van der Waals surface area contributed by atoms with Crippen molar-refractivity contribution in [1.29, 1.82) is 0 Å². The van der Waals surface area contributed by atoms with E-state index in [2.05, 4.69) is 31.4 Å². The molecule has 0 atom stereocenters. The van der Waals surface area contributed by atoms with E-state index in [4.69, 9.17) is 17.3 Å². The summed E-state index contributed by atoms with van der Waals surface area (Å²) in [6.45, 7) is 0.204. The zero-order valence-corrected chi connectivity index (χ0v) is 11.8. The van der Waals surface area contributed by atoms with Gasteiger partial charge in [-0.05, 0) is 33.6 Å². The SMILES string of the molecule is Nc1[nH]nc(Br)c1C(=O)NCc1ccc(F)c(Cl)c1. The fraction of sp³-hybridized carbons (Fsp3) is 0.0909. The summed E-state index contributed by atoms with van der Waals surface area (Å²) in [6, 6.07) is 4.23. The lowest BCUT2D eigenvalue weighted by atomic mass is 10.2. The van der Waals surface area contributed by atoms with Crippen molar-refractivity contribution in [2.45, 2.75) is 6.54 Å². The average molecular weight is 348 g/mol. The number of aromatic amines is 1. The smallest absolute Gasteiger partial charge is 0.258 e. The fourth-order valence-electron chi connectivity index (χ4n) is 1.47. The summed E-state index contributed by atoms with van der Waals surface area (Å²) in [7, 11) is 0. The van der Waals surface area contributed by atoms with Crippen molar-refractivity contribution >= 4 is 39.3 Å². The lowest BCUT2D eigenvalue weighted by Crippen LogP contribution is -2.23. The van der Waals surface area contributed by atoms with E-state index in [1.165, 1.54) is 18.2 Å². The van der Waals surface area contributed by atoms with E-state index in [1.807, 2.05) is 0 Å². The minimum atomic E-state index is -0.501. The topological polar surface area (TPSA) is 83.8 Å². The molecule has 8 heteroatoms. The van der Waals surface area contributed by atoms with Gasteiger partial charge in [-0.15, -0.1) is 0 Å². The van der Waals surface area contributed by atoms with Gasteiger partial charge in [0.05, 0.1) is 5.02 Å². The van der Waals surface area contributed by atoms with Gasteiger partial charge < -0.3 is 11.1 Å². The largest absolute Gasteiger partial charge is 0.383 e. The van der Waals surface area contributed by atoms with Crippen LogP contribution < -0.4 is 11.1 Å². The van der Waals surface area contributed by atoms with Crippen molar-refractivity contribution in [3.8, 4) is 0 Å². The van der Waals surface area contributed by atoms with Gasteiger partial charge in [0, 0.05) is 6.54 Å². The van der Waals surface area contributed by atoms with E-state index >= 15 is 0 Å². The molecule has 0 saturated carbocycles. The quantitative estimate of drug-likeness (QED) is 0.797. The molecule has 1 aromatic carbocycles. The number of carbonyl (C=O) groups is 1. The second-order valence-electron chi connectivity index (χ2n) is 3.73. The zero-order chi connectivity index (χ0) is 14.0. The normalized spacial score (nSPS) is 10.5. The van der Waals surface area contributed by atoms with Crippen LogP contribution in [0, 0.1) is 5.82 Å². The van der Waals surface area contributed by atoms with Gasteiger partial charge in [-0.1, -0.05) is 17.7 Å². The summed E-state index contributed by atoms with van der Waals surface area (Å²) in [6.07, 6.45) is 0. The van der Waals surface area contributed by atoms with Crippen molar-refractivity contribution in [2.24, 2.45) is 0 Å². The number of carbonyl (C=O) groups excluding carboxylic acids is 1. The third kappa shape index (κ3) is 3.05. The number of benzene rings is 1. The van der Waals surface area contributed by atoms with Crippen molar-refractivity contribution in [1.82, 2.24) is 15.5 Å². The minimum absolute atomic E-state index is 0.00996. The molecule has 0 aliphatic heterocycles. The maximum absolute atomic E-state index is 13.0. The number of nitrogens with one attached hydrogen (secondary N) is 2. The predicted octanol–water partition coefficient (Wildman–Crippen LogP) is 2.48. The van der Waals surface area contributed by atoms with Crippen molar-refractivity contribution in [3.63, 3.8) is 0 Å². The number of amides is 1. The van der Waals surface area contributed by atoms with Gasteiger partial charge >= 0.3 is 0 Å². The van der Waals surface area contributed by atoms with E-state index in [0.29, 0.717) is 10.2 Å². The first-order valence-electron chi connectivity index (χ1n) is 5.20. The number of nitrogens with zero attached hydrogens (tertiary/aromatic N) is 1. The number of rotatable bonds is 3. The van der Waals surface area contributed by atoms with Crippen LogP contribution in [0.4, 0.5) is 10.2 Å². The highest BCUT2D eigenvalue weighted by Gasteiger charge is 2.16. The number of H-pyrrole nitrogens is 1. The van der Waals surface area contributed by atoms with Crippen LogP contribution in [0.15, 0.2) is 22.8 Å². The molecule has 0 saturated heterocycles. The molecule has 0 aliphatic rings. The third-order valence-corrected chi connectivity index (χ3v) is 3.28. The van der Waals surface area contributed by atoms with Crippen LogP contribution in [0.5, 0.6) is 0 Å². The van der Waals surface area contributed by atoms with Crippen LogP contribution in [0.3, 0.4) is 0 Å². The van der Waals surface area contributed by atoms with E-state index in [0.717, 1.165) is 0 Å². The fourth-order valence-corrected chi connectivity index (χ4v) is 2.15. The molecule has 100 valence electrons. The molecule has 1 heterocycles. The Kier molecular flexibility index (Phi) is 4.06. The molecule has 19 heavy (non-hydrogen) atoms. The maximum atomic E-state index is 13.0. The summed E-state index contributed by atoms with van der Waals surface area (Å²) in [5, 5.41) is 8.88. The Morgan fingerprint density at radius 3 is 2.89 bits per heavy atom. The molecule has 0 spiro atoms. The van der Waals surface area contributed by atoms with Crippen LogP contribution in [0.25, 0.3) is 0 Å². The number of halogens is 3. The highest BCUT2D eigenvalue weighted by molar-refractivity contribution is 9.10. The lowest BCUT2D eigenvalue weighted by Gasteiger charge is -2.05. The number of aromatic nitrogens is 2. The Hall–Kier alpha value is -1.60. The molecule has 0 fully saturated rings. The second kappa shape index (κ2) is 5.58. The molecule has 0 radical (unpaired) electrons. The first kappa shape index (κ1) is 13.8. The third-order valence-electron chi connectivity index (χ3n) is 2.41. The highest BCUT2D eigenvalue weighted by Crippen LogP contribution is 2.19. The Balaban J connectivity index is 2.06. The number of nitrogen functional groups attached to an aromatic ring is 1. The summed E-state index contributed by atoms with van der Waals surface area (Å²) in [5.41, 5.74) is 6.48. The van der Waals surface area contributed by atoms with Crippen LogP contribution in [-0.2, 0) is 6.54 Å². The first-order valence-corrected chi connectivity index (χ1v) is 6.37. The number of anilines is 1. The zero-order valence-electron chi connectivity index (χ0n) is 9.51. The van der Waals surface area contributed by atoms with Gasteiger partial charge in [-0.25, -0.2) is 4.39 Å². The monoisotopic (exact) mass is 346 g/mol. The Morgan fingerprint density at radius 2 is 2.32 bits per heavy atom. The molecule has 2 aromatic rings. The van der Waals surface area contributed by atoms with Gasteiger partial charge in [0.25, 0.3) is 5.91 Å². The highest BCUT2D eigenvalue weighted by atomic mass is 79.9. The predicted molar refractivity (Wildman–Crippen MR) is 73.3 cm³/mol. The number of nitrogens with two attached hydrogens (primary N) is 1. The number of hydrogen-bond acceptors (Lipinski definition) is 3. The Morgan fingerprint density at radius 1 is 1.58 bits per heavy atom. The molecular formula is C11H9BrClFN4O. The van der Waals surface area contributed by atoms with Crippen LogP contribution in [0.1, 0.15) is 15.9 Å². The molecule has 0 bridgehead atoms. The van der Waals surface area contributed by atoms with Crippen molar-refractivity contribution < 1.29 is 9.18 Å². The van der Waals surface area contributed by atoms with Gasteiger partial charge in [0.2, 0.25) is 0 Å². The first-order chi connectivity index (χ1) is 8.99. The van der Waals surface area contributed by atoms with E-state index in [-0.39, 0.29) is 22.9 Å². The van der Waals surface area contributed by atoms with E-state index in [9.17, 15) is 9.18 Å².